The highest BCUT2D eigenvalue weighted by atomic mass is 16.4. The van der Waals surface area contributed by atoms with Gasteiger partial charge < -0.3 is 16.3 Å². The lowest BCUT2D eigenvalue weighted by Crippen LogP contribution is -2.52. The molecule has 0 bridgehead atoms. The van der Waals surface area contributed by atoms with E-state index in [9.17, 15) is 4.79 Å². The van der Waals surface area contributed by atoms with Crippen LogP contribution >= 0.6 is 0 Å². The van der Waals surface area contributed by atoms with Gasteiger partial charge in [-0.25, -0.2) is 0 Å². The van der Waals surface area contributed by atoms with E-state index in [0.717, 1.165) is 25.7 Å². The lowest BCUT2D eigenvalue weighted by Gasteiger charge is -2.32. The molecule has 0 aromatic heterocycles. The minimum absolute atomic E-state index is 0.0651. The molecule has 5 nitrogen and oxygen atoms in total. The Morgan fingerprint density at radius 1 is 1.33 bits per heavy atom. The molecule has 18 heavy (non-hydrogen) atoms. The van der Waals surface area contributed by atoms with E-state index in [2.05, 4.69) is 10.5 Å². The van der Waals surface area contributed by atoms with Crippen LogP contribution in [0.5, 0.6) is 0 Å². The average molecular weight is 255 g/mol. The Morgan fingerprint density at radius 3 is 2.33 bits per heavy atom. The van der Waals surface area contributed by atoms with E-state index in [1.54, 1.807) is 0 Å². The van der Waals surface area contributed by atoms with Crippen molar-refractivity contribution in [2.24, 2.45) is 22.2 Å². The number of oxime groups is 1. The van der Waals surface area contributed by atoms with Crippen molar-refractivity contribution in [2.45, 2.75) is 58.9 Å². The number of nitrogens with zero attached hydrogens (tertiary/aromatic N) is 1. The summed E-state index contributed by atoms with van der Waals surface area (Å²) in [6.45, 7) is 5.56. The molecule has 0 heterocycles. The van der Waals surface area contributed by atoms with Crippen molar-refractivity contribution in [2.75, 3.05) is 0 Å². The summed E-state index contributed by atoms with van der Waals surface area (Å²) >= 11 is 0. The highest BCUT2D eigenvalue weighted by Crippen LogP contribution is 2.27. The second-order valence-electron chi connectivity index (χ2n) is 6.12. The predicted octanol–water partition coefficient (Wildman–Crippen LogP) is 1.84. The standard InChI is InChI=1S/C13H25N3O2/c1-13(2,3)12(17)15-10(11(14)16-18)9-7-5-4-6-8-9/h9-10,18H,4-8H2,1-3H3,(H2,14,16)(H,15,17). The number of carbonyl (C=O) groups is 1. The zero-order valence-corrected chi connectivity index (χ0v) is 11.6. The Kier molecular flexibility index (Phi) is 4.99. The van der Waals surface area contributed by atoms with E-state index < -0.39 is 5.41 Å². The zero-order valence-electron chi connectivity index (χ0n) is 11.6. The second-order valence-corrected chi connectivity index (χ2v) is 6.12. The third kappa shape index (κ3) is 3.89. The molecule has 1 rings (SSSR count). The lowest BCUT2D eigenvalue weighted by molar-refractivity contribution is -0.129. The molecular formula is C13H25N3O2. The summed E-state index contributed by atoms with van der Waals surface area (Å²) in [5.74, 6) is 0.324. The highest BCUT2D eigenvalue weighted by molar-refractivity contribution is 5.91. The van der Waals surface area contributed by atoms with Crippen LogP contribution in [0.1, 0.15) is 52.9 Å². The number of rotatable bonds is 3. The smallest absolute Gasteiger partial charge is 0.225 e. The van der Waals surface area contributed by atoms with Crippen molar-refractivity contribution < 1.29 is 10.0 Å². The number of amidine groups is 1. The van der Waals surface area contributed by atoms with Crippen molar-refractivity contribution in [1.29, 1.82) is 0 Å². The van der Waals surface area contributed by atoms with Gasteiger partial charge in [-0.3, -0.25) is 4.79 Å². The van der Waals surface area contributed by atoms with Crippen LogP contribution < -0.4 is 11.1 Å². The number of carbonyl (C=O) groups excluding carboxylic acids is 1. The van der Waals surface area contributed by atoms with Crippen LogP contribution in [0.15, 0.2) is 5.16 Å². The first-order valence-electron chi connectivity index (χ1n) is 6.64. The molecule has 1 saturated carbocycles. The number of nitrogens with two attached hydrogens (primary N) is 1. The summed E-state index contributed by atoms with van der Waals surface area (Å²) in [6, 6.07) is -0.345. The van der Waals surface area contributed by atoms with Crippen LogP contribution in [-0.2, 0) is 4.79 Å². The molecule has 1 amide bonds. The number of hydrogen-bond donors (Lipinski definition) is 3. The van der Waals surface area contributed by atoms with Gasteiger partial charge in [0.05, 0.1) is 6.04 Å². The summed E-state index contributed by atoms with van der Waals surface area (Å²) in [4.78, 5) is 12.0. The normalized spacial score (nSPS) is 20.5. The highest BCUT2D eigenvalue weighted by Gasteiger charge is 2.31. The van der Waals surface area contributed by atoms with E-state index in [-0.39, 0.29) is 23.7 Å². The van der Waals surface area contributed by atoms with Gasteiger partial charge in [-0.05, 0) is 18.8 Å². The Bertz CT molecular complexity index is 315. The maximum Gasteiger partial charge on any atom is 0.225 e. The van der Waals surface area contributed by atoms with Gasteiger partial charge in [0, 0.05) is 5.41 Å². The molecule has 0 radical (unpaired) electrons. The van der Waals surface area contributed by atoms with Crippen molar-refractivity contribution in [3.8, 4) is 0 Å². The fourth-order valence-corrected chi connectivity index (χ4v) is 2.32. The van der Waals surface area contributed by atoms with Crippen LogP contribution in [0.4, 0.5) is 0 Å². The fourth-order valence-electron chi connectivity index (χ4n) is 2.32. The summed E-state index contributed by atoms with van der Waals surface area (Å²) in [6.07, 6.45) is 5.56. The van der Waals surface area contributed by atoms with Gasteiger partial charge in [0.15, 0.2) is 5.84 Å². The molecule has 0 spiro atoms. The van der Waals surface area contributed by atoms with Gasteiger partial charge >= 0.3 is 0 Å². The van der Waals surface area contributed by atoms with E-state index in [1.165, 1.54) is 6.42 Å². The molecule has 1 aliphatic rings. The van der Waals surface area contributed by atoms with Crippen LogP contribution in [-0.4, -0.2) is 23.0 Å². The molecule has 0 aromatic rings. The molecule has 0 saturated heterocycles. The van der Waals surface area contributed by atoms with Crippen molar-refractivity contribution in [1.82, 2.24) is 5.32 Å². The van der Waals surface area contributed by atoms with E-state index in [4.69, 9.17) is 10.9 Å². The fraction of sp³-hybridized carbons (Fsp3) is 0.846. The van der Waals surface area contributed by atoms with Gasteiger partial charge in [-0.15, -0.1) is 0 Å². The van der Waals surface area contributed by atoms with Crippen LogP contribution in [0.25, 0.3) is 0 Å². The second kappa shape index (κ2) is 6.07. The lowest BCUT2D eigenvalue weighted by atomic mass is 9.82. The first kappa shape index (κ1) is 14.8. The molecule has 5 heteroatoms. The van der Waals surface area contributed by atoms with Gasteiger partial charge in [0.25, 0.3) is 0 Å². The van der Waals surface area contributed by atoms with Crippen molar-refractivity contribution in [3.05, 3.63) is 0 Å². The monoisotopic (exact) mass is 255 g/mol. The minimum atomic E-state index is -0.470. The summed E-state index contributed by atoms with van der Waals surface area (Å²) in [5, 5.41) is 14.9. The Hall–Kier alpha value is -1.26. The molecule has 1 atom stereocenters. The van der Waals surface area contributed by atoms with E-state index in [1.807, 2.05) is 20.8 Å². The average Bonchev–Trinajstić information content (AvgIpc) is 2.34. The van der Waals surface area contributed by atoms with Gasteiger partial charge in [0.1, 0.15) is 0 Å². The first-order chi connectivity index (χ1) is 8.36. The molecule has 1 aliphatic carbocycles. The maximum atomic E-state index is 12.0. The predicted molar refractivity (Wildman–Crippen MR) is 71.4 cm³/mol. The van der Waals surface area contributed by atoms with Gasteiger partial charge in [-0.1, -0.05) is 45.2 Å². The third-order valence-corrected chi connectivity index (χ3v) is 3.52. The van der Waals surface area contributed by atoms with Crippen molar-refractivity contribution in [3.63, 3.8) is 0 Å². The van der Waals surface area contributed by atoms with Crippen LogP contribution in [0, 0.1) is 11.3 Å². The summed E-state index contributed by atoms with van der Waals surface area (Å²) < 4.78 is 0. The molecule has 1 fully saturated rings. The minimum Gasteiger partial charge on any atom is -0.409 e. The largest absolute Gasteiger partial charge is 0.409 e. The Morgan fingerprint density at radius 2 is 1.89 bits per heavy atom. The number of amides is 1. The first-order valence-corrected chi connectivity index (χ1v) is 6.64. The number of hydrogen-bond acceptors (Lipinski definition) is 3. The molecule has 104 valence electrons. The third-order valence-electron chi connectivity index (χ3n) is 3.52. The van der Waals surface area contributed by atoms with E-state index >= 15 is 0 Å². The number of nitrogens with one attached hydrogen (secondary N) is 1. The Balaban J connectivity index is 2.76. The molecule has 0 aromatic carbocycles. The maximum absolute atomic E-state index is 12.0. The molecular weight excluding hydrogens is 230 g/mol. The molecule has 0 aliphatic heterocycles. The quantitative estimate of drug-likeness (QED) is 0.311. The van der Waals surface area contributed by atoms with Crippen LogP contribution in [0.2, 0.25) is 0 Å². The molecule has 1 unspecified atom stereocenters. The summed E-state index contributed by atoms with van der Waals surface area (Å²) in [5.41, 5.74) is 5.26. The molecule has 4 N–H and O–H groups in total. The Labute approximate surface area is 109 Å². The summed E-state index contributed by atoms with van der Waals surface area (Å²) in [7, 11) is 0. The van der Waals surface area contributed by atoms with Gasteiger partial charge in [0.2, 0.25) is 5.91 Å². The SMILES string of the molecule is CC(C)(C)C(=O)NC(/C(N)=N/O)C1CCCCC1. The van der Waals surface area contributed by atoms with Crippen LogP contribution in [0.3, 0.4) is 0 Å². The van der Waals surface area contributed by atoms with Crippen molar-refractivity contribution >= 4 is 11.7 Å². The van der Waals surface area contributed by atoms with Gasteiger partial charge in [-0.2, -0.15) is 0 Å². The van der Waals surface area contributed by atoms with E-state index in [0.29, 0.717) is 0 Å². The topological polar surface area (TPSA) is 87.7 Å². The zero-order chi connectivity index (χ0) is 13.8.